The van der Waals surface area contributed by atoms with Crippen molar-refractivity contribution in [3.63, 3.8) is 0 Å². The number of nitrogens with zero attached hydrogens (tertiary/aromatic N) is 1. The van der Waals surface area contributed by atoms with Gasteiger partial charge in [0.15, 0.2) is 0 Å². The summed E-state index contributed by atoms with van der Waals surface area (Å²) in [6, 6.07) is 0.713. The van der Waals surface area contributed by atoms with E-state index >= 15 is 0 Å². The van der Waals surface area contributed by atoms with Crippen LogP contribution in [0, 0.1) is 17.8 Å². The molecule has 1 saturated carbocycles. The summed E-state index contributed by atoms with van der Waals surface area (Å²) in [5.41, 5.74) is 1.29. The maximum Gasteiger partial charge on any atom is 0.0334 e. The van der Waals surface area contributed by atoms with Gasteiger partial charge in [-0.05, 0) is 30.6 Å². The Morgan fingerprint density at radius 3 is 2.00 bits per heavy atom. The molecule has 0 bridgehead atoms. The minimum absolute atomic E-state index is 0.569. The Bertz CT molecular complexity index is 199. The summed E-state index contributed by atoms with van der Waals surface area (Å²) in [6.07, 6.45) is 2.83. The van der Waals surface area contributed by atoms with Crippen LogP contribution in [0.4, 0.5) is 0 Å². The highest BCUT2D eigenvalue weighted by molar-refractivity contribution is 5.02. The summed E-state index contributed by atoms with van der Waals surface area (Å²) in [5, 5.41) is 0. The summed E-state index contributed by atoms with van der Waals surface area (Å²) >= 11 is 0. The third kappa shape index (κ3) is 2.52. The van der Waals surface area contributed by atoms with Crippen molar-refractivity contribution in [1.82, 2.24) is 4.90 Å². The molecule has 1 aliphatic rings. The van der Waals surface area contributed by atoms with Crippen LogP contribution in [-0.4, -0.2) is 18.0 Å². The molecule has 0 aliphatic heterocycles. The number of hydrogen-bond donors (Lipinski definition) is 0. The zero-order valence-electron chi connectivity index (χ0n) is 10.4. The number of hydrogen-bond acceptors (Lipinski definition) is 1. The molecule has 0 saturated heterocycles. The van der Waals surface area contributed by atoms with Crippen LogP contribution in [-0.2, 0) is 0 Å². The van der Waals surface area contributed by atoms with Gasteiger partial charge in [-0.3, -0.25) is 0 Å². The standard InChI is InChI=1S/C13H25N/c1-9(2)11(5)14(6)13(10(3)4)12-7-8-12/h9-10,12-13H,5,7-8H2,1-4,6H3. The Morgan fingerprint density at radius 1 is 1.21 bits per heavy atom. The number of allylic oxidation sites excluding steroid dienone is 1. The summed E-state index contributed by atoms with van der Waals surface area (Å²) < 4.78 is 0. The molecule has 1 nitrogen and oxygen atoms in total. The Balaban J connectivity index is 2.63. The molecule has 0 aromatic rings. The van der Waals surface area contributed by atoms with Crippen LogP contribution in [0.15, 0.2) is 12.3 Å². The maximum atomic E-state index is 4.19. The fraction of sp³-hybridized carbons (Fsp3) is 0.846. The van der Waals surface area contributed by atoms with E-state index in [9.17, 15) is 0 Å². The molecule has 1 unspecified atom stereocenters. The molecule has 0 radical (unpaired) electrons. The first-order valence-corrected chi connectivity index (χ1v) is 5.86. The van der Waals surface area contributed by atoms with Crippen molar-refractivity contribution in [3.05, 3.63) is 12.3 Å². The van der Waals surface area contributed by atoms with Gasteiger partial charge in [-0.25, -0.2) is 0 Å². The summed E-state index contributed by atoms with van der Waals surface area (Å²) in [6.45, 7) is 13.3. The van der Waals surface area contributed by atoms with Gasteiger partial charge in [-0.15, -0.1) is 0 Å². The lowest BCUT2D eigenvalue weighted by Gasteiger charge is -2.36. The quantitative estimate of drug-likeness (QED) is 0.649. The highest BCUT2D eigenvalue weighted by Crippen LogP contribution is 2.39. The second kappa shape index (κ2) is 4.37. The predicted molar refractivity (Wildman–Crippen MR) is 63.1 cm³/mol. The van der Waals surface area contributed by atoms with Gasteiger partial charge < -0.3 is 4.90 Å². The average molecular weight is 195 g/mol. The number of rotatable bonds is 5. The zero-order chi connectivity index (χ0) is 10.9. The van der Waals surface area contributed by atoms with Crippen LogP contribution in [0.25, 0.3) is 0 Å². The van der Waals surface area contributed by atoms with Crippen molar-refractivity contribution >= 4 is 0 Å². The predicted octanol–water partition coefficient (Wildman–Crippen LogP) is 3.52. The fourth-order valence-corrected chi connectivity index (χ4v) is 2.34. The molecule has 1 fully saturated rings. The van der Waals surface area contributed by atoms with E-state index in [1.807, 2.05) is 0 Å². The Morgan fingerprint density at radius 2 is 1.71 bits per heavy atom. The van der Waals surface area contributed by atoms with Crippen molar-refractivity contribution in [2.75, 3.05) is 7.05 Å². The van der Waals surface area contributed by atoms with Gasteiger partial charge in [0.25, 0.3) is 0 Å². The van der Waals surface area contributed by atoms with Gasteiger partial charge in [0.2, 0.25) is 0 Å². The summed E-state index contributed by atoms with van der Waals surface area (Å²) in [7, 11) is 2.21. The summed E-state index contributed by atoms with van der Waals surface area (Å²) in [4.78, 5) is 2.42. The lowest BCUT2D eigenvalue weighted by Crippen LogP contribution is -2.38. The minimum atomic E-state index is 0.569. The molecule has 0 amide bonds. The SMILES string of the molecule is C=C(C(C)C)N(C)C(C(C)C)C1CC1. The molecule has 0 spiro atoms. The van der Waals surface area contributed by atoms with Crippen LogP contribution in [0.2, 0.25) is 0 Å². The van der Waals surface area contributed by atoms with Crippen LogP contribution in [0.5, 0.6) is 0 Å². The molecule has 1 rings (SSSR count). The Kier molecular flexibility index (Phi) is 3.63. The molecule has 0 aromatic heterocycles. The van der Waals surface area contributed by atoms with Gasteiger partial charge >= 0.3 is 0 Å². The van der Waals surface area contributed by atoms with Crippen molar-refractivity contribution < 1.29 is 0 Å². The molecular weight excluding hydrogens is 170 g/mol. The third-order valence-electron chi connectivity index (χ3n) is 3.35. The largest absolute Gasteiger partial charge is 0.375 e. The second-order valence-corrected chi connectivity index (χ2v) is 5.33. The lowest BCUT2D eigenvalue weighted by atomic mass is 9.96. The van der Waals surface area contributed by atoms with Crippen LogP contribution in [0.3, 0.4) is 0 Å². The van der Waals surface area contributed by atoms with Crippen molar-refractivity contribution in [2.24, 2.45) is 17.8 Å². The summed E-state index contributed by atoms with van der Waals surface area (Å²) in [5.74, 6) is 2.23. The van der Waals surface area contributed by atoms with E-state index in [1.54, 1.807) is 0 Å². The van der Waals surface area contributed by atoms with E-state index in [0.29, 0.717) is 12.0 Å². The average Bonchev–Trinajstić information content (AvgIpc) is 2.86. The molecule has 1 atom stereocenters. The normalized spacial score (nSPS) is 18.8. The van der Waals surface area contributed by atoms with E-state index in [4.69, 9.17) is 0 Å². The molecule has 0 N–H and O–H groups in total. The van der Waals surface area contributed by atoms with Crippen LogP contribution in [0.1, 0.15) is 40.5 Å². The van der Waals surface area contributed by atoms with E-state index in [-0.39, 0.29) is 0 Å². The maximum absolute atomic E-state index is 4.19. The van der Waals surface area contributed by atoms with Gasteiger partial charge in [0.1, 0.15) is 0 Å². The van der Waals surface area contributed by atoms with Crippen LogP contribution >= 0.6 is 0 Å². The molecule has 1 aliphatic carbocycles. The molecule has 0 heterocycles. The fourth-order valence-electron chi connectivity index (χ4n) is 2.34. The van der Waals surface area contributed by atoms with Gasteiger partial charge in [-0.1, -0.05) is 34.3 Å². The molecular formula is C13H25N. The second-order valence-electron chi connectivity index (χ2n) is 5.33. The molecule has 1 heteroatoms. The van der Waals surface area contributed by atoms with E-state index in [0.717, 1.165) is 11.8 Å². The van der Waals surface area contributed by atoms with E-state index < -0.39 is 0 Å². The van der Waals surface area contributed by atoms with Gasteiger partial charge in [-0.2, -0.15) is 0 Å². The lowest BCUT2D eigenvalue weighted by molar-refractivity contribution is 0.198. The molecule has 82 valence electrons. The first-order valence-electron chi connectivity index (χ1n) is 5.86. The van der Waals surface area contributed by atoms with E-state index in [2.05, 4.69) is 46.2 Å². The first-order chi connectivity index (χ1) is 6.45. The van der Waals surface area contributed by atoms with Crippen LogP contribution < -0.4 is 0 Å². The third-order valence-corrected chi connectivity index (χ3v) is 3.35. The Labute approximate surface area is 89.2 Å². The van der Waals surface area contributed by atoms with E-state index in [1.165, 1.54) is 18.5 Å². The molecule has 14 heavy (non-hydrogen) atoms. The highest BCUT2D eigenvalue weighted by Gasteiger charge is 2.36. The van der Waals surface area contributed by atoms with Crippen molar-refractivity contribution in [1.29, 1.82) is 0 Å². The zero-order valence-corrected chi connectivity index (χ0v) is 10.4. The highest BCUT2D eigenvalue weighted by atomic mass is 15.2. The smallest absolute Gasteiger partial charge is 0.0334 e. The van der Waals surface area contributed by atoms with Gasteiger partial charge in [0.05, 0.1) is 0 Å². The monoisotopic (exact) mass is 195 g/mol. The first kappa shape index (κ1) is 11.6. The van der Waals surface area contributed by atoms with Gasteiger partial charge in [0, 0.05) is 18.8 Å². The Hall–Kier alpha value is -0.460. The van der Waals surface area contributed by atoms with Crippen molar-refractivity contribution in [3.8, 4) is 0 Å². The van der Waals surface area contributed by atoms with Crippen molar-refractivity contribution in [2.45, 2.75) is 46.6 Å². The topological polar surface area (TPSA) is 3.24 Å². The molecule has 0 aromatic carbocycles. The minimum Gasteiger partial charge on any atom is -0.375 e.